The predicted octanol–water partition coefficient (Wildman–Crippen LogP) is 2.95. The summed E-state index contributed by atoms with van der Waals surface area (Å²) >= 11 is 0. The highest BCUT2D eigenvalue weighted by molar-refractivity contribution is 6.09. The first-order valence-corrected chi connectivity index (χ1v) is 10.7. The Morgan fingerprint density at radius 2 is 1.79 bits per heavy atom. The number of benzene rings is 1. The van der Waals surface area contributed by atoms with E-state index < -0.39 is 47.6 Å². The lowest BCUT2D eigenvalue weighted by molar-refractivity contribution is -0.174. The molecule has 0 N–H and O–H groups in total. The summed E-state index contributed by atoms with van der Waals surface area (Å²) in [6, 6.07) is 6.44. The van der Waals surface area contributed by atoms with Gasteiger partial charge in [-0.1, -0.05) is 11.1 Å². The summed E-state index contributed by atoms with van der Waals surface area (Å²) in [6.07, 6.45) is 0.0687. The topological polar surface area (TPSA) is 105 Å². The summed E-state index contributed by atoms with van der Waals surface area (Å²) in [5.41, 5.74) is 0.690. The van der Waals surface area contributed by atoms with E-state index in [1.54, 1.807) is 37.3 Å². The highest BCUT2D eigenvalue weighted by Gasteiger charge is 2.65. The SMILES string of the molecule is COc1ccc(C(=O)OC2CC(C)=C3C(=O)C=C(C)C3C3OC(=O)C(C)(OC(C)=O)C23)cc1. The number of fused-ring (bicyclic) bond motifs is 3. The van der Waals surface area contributed by atoms with Gasteiger partial charge in [-0.05, 0) is 51.1 Å². The van der Waals surface area contributed by atoms with Crippen LogP contribution in [-0.4, -0.2) is 48.6 Å². The van der Waals surface area contributed by atoms with Crippen LogP contribution in [0.3, 0.4) is 0 Å². The van der Waals surface area contributed by atoms with Crippen molar-refractivity contribution in [3.8, 4) is 5.75 Å². The summed E-state index contributed by atoms with van der Waals surface area (Å²) in [7, 11) is 1.52. The van der Waals surface area contributed by atoms with E-state index >= 15 is 0 Å². The molecule has 1 aliphatic heterocycles. The van der Waals surface area contributed by atoms with Gasteiger partial charge in [0.15, 0.2) is 5.78 Å². The van der Waals surface area contributed by atoms with Gasteiger partial charge < -0.3 is 18.9 Å². The minimum absolute atomic E-state index is 0.145. The summed E-state index contributed by atoms with van der Waals surface area (Å²) in [5.74, 6) is -2.81. The fourth-order valence-electron chi connectivity index (χ4n) is 5.25. The zero-order valence-corrected chi connectivity index (χ0v) is 19.2. The first-order chi connectivity index (χ1) is 15.6. The highest BCUT2D eigenvalue weighted by atomic mass is 16.6. The van der Waals surface area contributed by atoms with Crippen LogP contribution in [-0.2, 0) is 28.6 Å². The number of carbonyl (C=O) groups is 4. The van der Waals surface area contributed by atoms with E-state index in [2.05, 4.69) is 0 Å². The Kier molecular flexibility index (Phi) is 5.64. The van der Waals surface area contributed by atoms with E-state index in [1.165, 1.54) is 21.0 Å². The number of allylic oxidation sites excluding steroid dienone is 1. The van der Waals surface area contributed by atoms with Crippen molar-refractivity contribution >= 4 is 23.7 Å². The molecule has 2 aliphatic carbocycles. The predicted molar refractivity (Wildman–Crippen MR) is 115 cm³/mol. The number of carbonyl (C=O) groups excluding carboxylic acids is 4. The third-order valence-corrected chi connectivity index (χ3v) is 6.70. The molecule has 8 heteroatoms. The van der Waals surface area contributed by atoms with Gasteiger partial charge in [0.2, 0.25) is 5.60 Å². The molecule has 1 saturated heterocycles. The van der Waals surface area contributed by atoms with Crippen LogP contribution in [0.5, 0.6) is 5.75 Å². The lowest BCUT2D eigenvalue weighted by Gasteiger charge is -2.34. The molecule has 0 bridgehead atoms. The van der Waals surface area contributed by atoms with Crippen LogP contribution < -0.4 is 4.74 Å². The molecule has 0 aromatic heterocycles. The van der Waals surface area contributed by atoms with Crippen LogP contribution in [0, 0.1) is 11.8 Å². The van der Waals surface area contributed by atoms with Crippen molar-refractivity contribution in [3.63, 3.8) is 0 Å². The number of rotatable bonds is 4. The molecular weight excluding hydrogens is 428 g/mol. The van der Waals surface area contributed by atoms with Crippen molar-refractivity contribution < 1.29 is 38.1 Å². The fourth-order valence-corrected chi connectivity index (χ4v) is 5.25. The molecule has 8 nitrogen and oxygen atoms in total. The normalized spacial score (nSPS) is 30.6. The Hall–Kier alpha value is -3.42. The molecule has 4 rings (SSSR count). The van der Waals surface area contributed by atoms with Crippen molar-refractivity contribution in [1.29, 1.82) is 0 Å². The zero-order valence-electron chi connectivity index (χ0n) is 19.2. The average Bonchev–Trinajstić information content (AvgIpc) is 3.13. The van der Waals surface area contributed by atoms with Crippen LogP contribution in [0.4, 0.5) is 0 Å². The summed E-state index contributed by atoms with van der Waals surface area (Å²) in [5, 5.41) is 0. The van der Waals surface area contributed by atoms with E-state index in [-0.39, 0.29) is 12.2 Å². The summed E-state index contributed by atoms with van der Waals surface area (Å²) in [4.78, 5) is 50.6. The number of esters is 3. The Morgan fingerprint density at radius 1 is 1.12 bits per heavy atom. The lowest BCUT2D eigenvalue weighted by Crippen LogP contribution is -2.50. The minimum Gasteiger partial charge on any atom is -0.497 e. The second kappa shape index (κ2) is 8.17. The molecule has 1 aromatic rings. The van der Waals surface area contributed by atoms with Gasteiger partial charge in [0.05, 0.1) is 18.6 Å². The van der Waals surface area contributed by atoms with Gasteiger partial charge in [-0.2, -0.15) is 0 Å². The van der Waals surface area contributed by atoms with Crippen molar-refractivity contribution in [2.24, 2.45) is 11.8 Å². The van der Waals surface area contributed by atoms with Crippen LogP contribution in [0.2, 0.25) is 0 Å². The molecule has 5 unspecified atom stereocenters. The monoisotopic (exact) mass is 454 g/mol. The van der Waals surface area contributed by atoms with Gasteiger partial charge in [0, 0.05) is 24.8 Å². The molecule has 0 spiro atoms. The van der Waals surface area contributed by atoms with Crippen molar-refractivity contribution in [2.45, 2.75) is 51.9 Å². The van der Waals surface area contributed by atoms with Gasteiger partial charge in [-0.25, -0.2) is 9.59 Å². The van der Waals surface area contributed by atoms with Crippen LogP contribution >= 0.6 is 0 Å². The third kappa shape index (κ3) is 3.73. The second-order valence-electron chi connectivity index (χ2n) is 8.90. The summed E-state index contributed by atoms with van der Waals surface area (Å²) < 4.78 is 22.3. The van der Waals surface area contributed by atoms with E-state index in [1.807, 2.05) is 6.92 Å². The Bertz CT molecular complexity index is 1100. The second-order valence-corrected chi connectivity index (χ2v) is 8.90. The van der Waals surface area contributed by atoms with Gasteiger partial charge >= 0.3 is 17.9 Å². The number of hydrogen-bond donors (Lipinski definition) is 0. The molecule has 0 amide bonds. The zero-order chi connectivity index (χ0) is 24.1. The molecule has 1 heterocycles. The maximum absolute atomic E-state index is 13.0. The standard InChI is InChI=1S/C25H26O8/c1-12-10-17(27)19-13(2)11-18(31-23(28)15-6-8-16(30-5)9-7-15)21-22(20(12)19)32-24(29)25(21,4)33-14(3)26/h6-10,18,20-22H,11H2,1-5H3. The average molecular weight is 454 g/mol. The van der Waals surface area contributed by atoms with Crippen LogP contribution in [0.25, 0.3) is 0 Å². The maximum Gasteiger partial charge on any atom is 0.351 e. The Balaban J connectivity index is 1.75. The van der Waals surface area contributed by atoms with E-state index in [9.17, 15) is 19.2 Å². The quantitative estimate of drug-likeness (QED) is 0.505. The minimum atomic E-state index is -1.66. The third-order valence-electron chi connectivity index (χ3n) is 6.70. The van der Waals surface area contributed by atoms with Crippen molar-refractivity contribution in [1.82, 2.24) is 0 Å². The molecule has 1 aromatic carbocycles. The van der Waals surface area contributed by atoms with Gasteiger partial charge in [0.1, 0.15) is 18.0 Å². The first kappa shape index (κ1) is 22.8. The smallest absolute Gasteiger partial charge is 0.351 e. The molecule has 1 fully saturated rings. The van der Waals surface area contributed by atoms with Gasteiger partial charge in [0.25, 0.3) is 0 Å². The number of hydrogen-bond acceptors (Lipinski definition) is 8. The van der Waals surface area contributed by atoms with Crippen LogP contribution in [0.15, 0.2) is 47.1 Å². The molecule has 33 heavy (non-hydrogen) atoms. The largest absolute Gasteiger partial charge is 0.497 e. The summed E-state index contributed by atoms with van der Waals surface area (Å²) in [6.45, 7) is 6.30. The highest BCUT2D eigenvalue weighted by Crippen LogP contribution is 2.51. The Labute approximate surface area is 191 Å². The van der Waals surface area contributed by atoms with Gasteiger partial charge in [-0.3, -0.25) is 9.59 Å². The van der Waals surface area contributed by atoms with Crippen LogP contribution in [0.1, 0.15) is 44.5 Å². The fraction of sp³-hybridized carbons (Fsp3) is 0.440. The molecule has 174 valence electrons. The maximum atomic E-state index is 13.0. The molecule has 0 saturated carbocycles. The van der Waals surface area contributed by atoms with Crippen molar-refractivity contribution in [2.75, 3.05) is 7.11 Å². The molecule has 0 radical (unpaired) electrons. The van der Waals surface area contributed by atoms with E-state index in [4.69, 9.17) is 18.9 Å². The molecule has 5 atom stereocenters. The number of ether oxygens (including phenoxy) is 4. The van der Waals surface area contributed by atoms with E-state index in [0.717, 1.165) is 11.1 Å². The van der Waals surface area contributed by atoms with Crippen molar-refractivity contribution in [3.05, 3.63) is 52.6 Å². The molecule has 3 aliphatic rings. The first-order valence-electron chi connectivity index (χ1n) is 10.7. The van der Waals surface area contributed by atoms with Gasteiger partial charge in [-0.15, -0.1) is 0 Å². The lowest BCUT2D eigenvalue weighted by atomic mass is 9.77. The number of ketones is 1. The number of methoxy groups -OCH3 is 1. The Morgan fingerprint density at radius 3 is 2.39 bits per heavy atom. The molecular formula is C25H26O8. The van der Waals surface area contributed by atoms with E-state index in [0.29, 0.717) is 16.9 Å².